The van der Waals surface area contributed by atoms with Gasteiger partial charge < -0.3 is 10.4 Å². The fraction of sp³-hybridized carbons (Fsp3) is 0.632. The third kappa shape index (κ3) is 4.01. The molecule has 158 valence electrons. The average molecular weight is 422 g/mol. The zero-order chi connectivity index (χ0) is 20.6. The summed E-state index contributed by atoms with van der Waals surface area (Å²) < 4.78 is 27.2. The molecule has 3 heterocycles. The van der Waals surface area contributed by atoms with Gasteiger partial charge in [0.2, 0.25) is 16.0 Å². The molecule has 2 atom stereocenters. The average Bonchev–Trinajstić information content (AvgIpc) is 3.13. The Labute approximate surface area is 169 Å². The molecule has 9 nitrogen and oxygen atoms in total. The summed E-state index contributed by atoms with van der Waals surface area (Å²) in [5.74, 6) is 0.532. The van der Waals surface area contributed by atoms with Crippen molar-refractivity contribution in [1.82, 2.24) is 18.8 Å². The van der Waals surface area contributed by atoms with Gasteiger partial charge in [0.05, 0.1) is 17.9 Å². The van der Waals surface area contributed by atoms with E-state index in [0.717, 1.165) is 18.2 Å². The van der Waals surface area contributed by atoms with E-state index in [4.69, 9.17) is 0 Å². The highest BCUT2D eigenvalue weighted by molar-refractivity contribution is 7.89. The Bertz CT molecular complexity index is 1050. The normalized spacial score (nSPS) is 24.2. The second kappa shape index (κ2) is 8.00. The van der Waals surface area contributed by atoms with Gasteiger partial charge in [-0.15, -0.1) is 0 Å². The Balaban J connectivity index is 1.56. The highest BCUT2D eigenvalue weighted by Gasteiger charge is 2.30. The Hall–Kier alpha value is -2.04. The van der Waals surface area contributed by atoms with Gasteiger partial charge in [-0.3, -0.25) is 9.36 Å². The van der Waals surface area contributed by atoms with Crippen molar-refractivity contribution in [2.45, 2.75) is 57.2 Å². The van der Waals surface area contributed by atoms with Gasteiger partial charge in [-0.2, -0.15) is 4.98 Å². The molecule has 1 saturated carbocycles. The fourth-order valence-electron chi connectivity index (χ4n) is 4.29. The lowest BCUT2D eigenvalue weighted by Crippen LogP contribution is -2.43. The minimum absolute atomic E-state index is 0.0664. The summed E-state index contributed by atoms with van der Waals surface area (Å²) in [6.45, 7) is 2.60. The standard InChI is InChI=1S/C19H27N5O4S/c1-2-29(27,28)23-10-8-14(9-11-23)21-19-20-12-13-6-7-17(26)24(18(13)22-19)15-4-3-5-16(15)25/h6-7,12,14-16,25H,2-5,8-11H2,1H3,(H,20,21,22)/t15-,16-/m1/s1. The number of sulfonamides is 1. The summed E-state index contributed by atoms with van der Waals surface area (Å²) in [4.78, 5) is 21.5. The van der Waals surface area contributed by atoms with Gasteiger partial charge in [0.1, 0.15) is 5.65 Å². The van der Waals surface area contributed by atoms with E-state index >= 15 is 0 Å². The van der Waals surface area contributed by atoms with Gasteiger partial charge in [-0.25, -0.2) is 17.7 Å². The molecule has 0 radical (unpaired) electrons. The molecule has 10 heteroatoms. The number of aromatic nitrogens is 3. The Morgan fingerprint density at radius 3 is 2.62 bits per heavy atom. The van der Waals surface area contributed by atoms with Gasteiger partial charge >= 0.3 is 0 Å². The smallest absolute Gasteiger partial charge is 0.252 e. The summed E-state index contributed by atoms with van der Waals surface area (Å²) in [7, 11) is -3.16. The van der Waals surface area contributed by atoms with E-state index in [1.165, 1.54) is 10.4 Å². The van der Waals surface area contributed by atoms with Crippen molar-refractivity contribution in [2.24, 2.45) is 0 Å². The van der Waals surface area contributed by atoms with Crippen LogP contribution in [0.1, 0.15) is 45.1 Å². The first kappa shape index (κ1) is 20.2. The molecule has 1 saturated heterocycles. The summed E-state index contributed by atoms with van der Waals surface area (Å²) in [5.41, 5.74) is 0.345. The van der Waals surface area contributed by atoms with Crippen molar-refractivity contribution < 1.29 is 13.5 Å². The van der Waals surface area contributed by atoms with Gasteiger partial charge in [0, 0.05) is 36.8 Å². The number of hydrogen-bond donors (Lipinski definition) is 2. The van der Waals surface area contributed by atoms with Crippen LogP contribution in [0, 0.1) is 0 Å². The molecule has 0 unspecified atom stereocenters. The molecule has 0 amide bonds. The van der Waals surface area contributed by atoms with Crippen LogP contribution in [-0.2, 0) is 10.0 Å². The van der Waals surface area contributed by atoms with Crippen LogP contribution in [-0.4, -0.2) is 63.4 Å². The third-order valence-electron chi connectivity index (χ3n) is 5.99. The van der Waals surface area contributed by atoms with E-state index in [9.17, 15) is 18.3 Å². The van der Waals surface area contributed by atoms with Gasteiger partial charge in [-0.05, 0) is 45.1 Å². The maximum Gasteiger partial charge on any atom is 0.252 e. The number of piperidine rings is 1. The molecule has 2 fully saturated rings. The summed E-state index contributed by atoms with van der Waals surface area (Å²) in [5, 5.41) is 14.3. The lowest BCUT2D eigenvalue weighted by Gasteiger charge is -2.31. The molecule has 4 rings (SSSR count). The largest absolute Gasteiger partial charge is 0.391 e. The molecule has 2 aliphatic rings. The van der Waals surface area contributed by atoms with Gasteiger partial charge in [0.15, 0.2) is 0 Å². The van der Waals surface area contributed by atoms with Crippen LogP contribution in [0.5, 0.6) is 0 Å². The first-order valence-corrected chi connectivity index (χ1v) is 11.8. The van der Waals surface area contributed by atoms with Crippen molar-refractivity contribution in [1.29, 1.82) is 0 Å². The summed E-state index contributed by atoms with van der Waals surface area (Å²) in [6, 6.07) is 2.99. The van der Waals surface area contributed by atoms with E-state index < -0.39 is 16.1 Å². The topological polar surface area (TPSA) is 117 Å². The van der Waals surface area contributed by atoms with E-state index in [1.807, 2.05) is 0 Å². The quantitative estimate of drug-likeness (QED) is 0.742. The molecule has 2 aromatic heterocycles. The van der Waals surface area contributed by atoms with E-state index in [2.05, 4.69) is 15.3 Å². The van der Waals surface area contributed by atoms with Crippen molar-refractivity contribution in [3.05, 3.63) is 28.7 Å². The van der Waals surface area contributed by atoms with Crippen LogP contribution in [0.25, 0.3) is 11.0 Å². The Morgan fingerprint density at radius 2 is 1.97 bits per heavy atom. The second-order valence-electron chi connectivity index (χ2n) is 7.80. The molecule has 2 N–H and O–H groups in total. The fourth-order valence-corrected chi connectivity index (χ4v) is 5.43. The highest BCUT2D eigenvalue weighted by atomic mass is 32.2. The summed E-state index contributed by atoms with van der Waals surface area (Å²) in [6.07, 6.45) is 4.78. The zero-order valence-electron chi connectivity index (χ0n) is 16.5. The van der Waals surface area contributed by atoms with Crippen LogP contribution >= 0.6 is 0 Å². The van der Waals surface area contributed by atoms with Crippen LogP contribution < -0.4 is 10.9 Å². The number of fused-ring (bicyclic) bond motifs is 1. The first-order chi connectivity index (χ1) is 13.9. The molecule has 0 spiro atoms. The SMILES string of the molecule is CCS(=O)(=O)N1CCC(Nc2ncc3ccc(=O)n([C@@H]4CCC[C@H]4O)c3n2)CC1. The number of nitrogens with zero attached hydrogens (tertiary/aromatic N) is 4. The van der Waals surface area contributed by atoms with Gasteiger partial charge in [-0.1, -0.05) is 0 Å². The number of anilines is 1. The number of aliphatic hydroxyl groups is 1. The summed E-state index contributed by atoms with van der Waals surface area (Å²) >= 11 is 0. The lowest BCUT2D eigenvalue weighted by molar-refractivity contribution is 0.136. The van der Waals surface area contributed by atoms with Crippen LogP contribution in [0.4, 0.5) is 5.95 Å². The number of nitrogens with one attached hydrogen (secondary N) is 1. The molecule has 1 aliphatic heterocycles. The van der Waals surface area contributed by atoms with Crippen molar-refractivity contribution in [3.8, 4) is 0 Å². The molecule has 0 bridgehead atoms. The Morgan fingerprint density at radius 1 is 1.21 bits per heavy atom. The molecule has 0 aromatic carbocycles. The monoisotopic (exact) mass is 421 g/mol. The maximum absolute atomic E-state index is 12.5. The molecule has 29 heavy (non-hydrogen) atoms. The number of pyridine rings is 1. The second-order valence-corrected chi connectivity index (χ2v) is 10.1. The van der Waals surface area contributed by atoms with Crippen LogP contribution in [0.3, 0.4) is 0 Å². The number of hydrogen-bond acceptors (Lipinski definition) is 7. The minimum atomic E-state index is -3.16. The van der Waals surface area contributed by atoms with Crippen LogP contribution in [0.2, 0.25) is 0 Å². The van der Waals surface area contributed by atoms with E-state index in [1.54, 1.807) is 23.8 Å². The predicted octanol–water partition coefficient (Wildman–Crippen LogP) is 1.10. The third-order valence-corrected chi connectivity index (χ3v) is 7.87. The minimum Gasteiger partial charge on any atom is -0.391 e. The lowest BCUT2D eigenvalue weighted by atomic mass is 10.1. The van der Waals surface area contributed by atoms with Crippen molar-refractivity contribution in [2.75, 3.05) is 24.2 Å². The molecule has 1 aliphatic carbocycles. The van der Waals surface area contributed by atoms with Crippen molar-refractivity contribution >= 4 is 27.0 Å². The molecule has 2 aromatic rings. The van der Waals surface area contributed by atoms with Crippen molar-refractivity contribution in [3.63, 3.8) is 0 Å². The zero-order valence-corrected chi connectivity index (χ0v) is 17.3. The number of rotatable bonds is 5. The van der Waals surface area contributed by atoms with E-state index in [-0.39, 0.29) is 23.4 Å². The number of aliphatic hydroxyl groups excluding tert-OH is 1. The highest BCUT2D eigenvalue weighted by Crippen LogP contribution is 2.31. The van der Waals surface area contributed by atoms with Gasteiger partial charge in [0.25, 0.3) is 5.56 Å². The first-order valence-electron chi connectivity index (χ1n) is 10.2. The molecular weight excluding hydrogens is 394 g/mol. The molecular formula is C19H27N5O4S. The Kier molecular flexibility index (Phi) is 5.58. The van der Waals surface area contributed by atoms with Crippen LogP contribution in [0.15, 0.2) is 23.1 Å². The predicted molar refractivity (Wildman–Crippen MR) is 110 cm³/mol. The van der Waals surface area contributed by atoms with E-state index in [0.29, 0.717) is 43.9 Å². The maximum atomic E-state index is 12.5.